The molecule has 1 N–H and O–H groups in total. The fourth-order valence-electron chi connectivity index (χ4n) is 1.91. The van der Waals surface area contributed by atoms with Crippen LogP contribution in [-0.4, -0.2) is 15.3 Å². The highest BCUT2D eigenvalue weighted by molar-refractivity contribution is 7.12. The van der Waals surface area contributed by atoms with Gasteiger partial charge in [-0.1, -0.05) is 0 Å². The van der Waals surface area contributed by atoms with Gasteiger partial charge in [-0.2, -0.15) is 5.10 Å². The van der Waals surface area contributed by atoms with E-state index in [1.807, 2.05) is 23.6 Å². The molecule has 0 atom stereocenters. The van der Waals surface area contributed by atoms with Crippen LogP contribution in [0.2, 0.25) is 0 Å². The summed E-state index contributed by atoms with van der Waals surface area (Å²) in [5.41, 5.74) is 2.75. The molecule has 0 amide bonds. The molecule has 0 fully saturated rings. The molecule has 0 saturated carbocycles. The predicted molar refractivity (Wildman–Crippen MR) is 81.7 cm³/mol. The van der Waals surface area contributed by atoms with Crippen molar-refractivity contribution in [2.24, 2.45) is 0 Å². The number of thiophene rings is 1. The largest absolute Gasteiger partial charge is 0.307 e. The van der Waals surface area contributed by atoms with Gasteiger partial charge in [-0.05, 0) is 52.3 Å². The van der Waals surface area contributed by atoms with Crippen molar-refractivity contribution < 1.29 is 0 Å². The van der Waals surface area contributed by atoms with Crippen LogP contribution in [-0.2, 0) is 13.1 Å². The highest BCUT2D eigenvalue weighted by Crippen LogP contribution is 2.23. The molecule has 0 aliphatic heterocycles. The first-order valence-electron chi connectivity index (χ1n) is 6.67. The molecule has 0 radical (unpaired) electrons. The van der Waals surface area contributed by atoms with E-state index in [0.29, 0.717) is 0 Å². The van der Waals surface area contributed by atoms with Gasteiger partial charge in [0.15, 0.2) is 0 Å². The van der Waals surface area contributed by atoms with Crippen LogP contribution in [0, 0.1) is 13.8 Å². The number of aryl methyl sites for hydroxylation is 2. The predicted octanol–water partition coefficient (Wildman–Crippen LogP) is 3.50. The molecule has 0 bridgehead atoms. The molecule has 19 heavy (non-hydrogen) atoms. The summed E-state index contributed by atoms with van der Waals surface area (Å²) in [7, 11) is 0. The van der Waals surface area contributed by atoms with Gasteiger partial charge in [-0.25, -0.2) is 0 Å². The quantitative estimate of drug-likeness (QED) is 0.927. The van der Waals surface area contributed by atoms with Gasteiger partial charge in [0.2, 0.25) is 0 Å². The normalized spacial score (nSPS) is 12.1. The van der Waals surface area contributed by atoms with Crippen molar-refractivity contribution in [3.05, 3.63) is 39.3 Å². The first-order valence-corrected chi connectivity index (χ1v) is 7.48. The topological polar surface area (TPSA) is 29.9 Å². The Bertz CT molecular complexity index is 546. The van der Waals surface area contributed by atoms with Crippen molar-refractivity contribution in [3.8, 4) is 0 Å². The van der Waals surface area contributed by atoms with E-state index in [1.54, 1.807) is 0 Å². The summed E-state index contributed by atoms with van der Waals surface area (Å²) in [4.78, 5) is 2.79. The minimum absolute atomic E-state index is 0.163. The highest BCUT2D eigenvalue weighted by Gasteiger charge is 2.11. The lowest BCUT2D eigenvalue weighted by Gasteiger charge is -2.19. The second-order valence-corrected chi connectivity index (χ2v) is 7.37. The van der Waals surface area contributed by atoms with Gasteiger partial charge in [0.25, 0.3) is 0 Å². The highest BCUT2D eigenvalue weighted by atomic mass is 32.1. The second kappa shape index (κ2) is 5.47. The van der Waals surface area contributed by atoms with E-state index in [0.717, 1.165) is 13.1 Å². The fourth-order valence-corrected chi connectivity index (χ4v) is 2.90. The molecule has 0 aliphatic rings. The van der Waals surface area contributed by atoms with E-state index in [1.165, 1.54) is 21.0 Å². The Morgan fingerprint density at radius 1 is 1.32 bits per heavy atom. The van der Waals surface area contributed by atoms with Gasteiger partial charge in [-0.3, -0.25) is 4.68 Å². The van der Waals surface area contributed by atoms with Crippen LogP contribution < -0.4 is 5.32 Å². The van der Waals surface area contributed by atoms with Crippen LogP contribution in [0.15, 0.2) is 18.3 Å². The van der Waals surface area contributed by atoms with Crippen molar-refractivity contribution >= 4 is 11.3 Å². The minimum Gasteiger partial charge on any atom is -0.307 e. The number of nitrogens with one attached hydrogen (secondary N) is 1. The first kappa shape index (κ1) is 14.3. The molecule has 4 heteroatoms. The van der Waals surface area contributed by atoms with Crippen LogP contribution in [0.1, 0.15) is 41.8 Å². The van der Waals surface area contributed by atoms with Crippen molar-refractivity contribution in [3.63, 3.8) is 0 Å². The maximum atomic E-state index is 4.35. The Balaban J connectivity index is 2.07. The molecule has 2 heterocycles. The van der Waals surface area contributed by atoms with Crippen molar-refractivity contribution in [2.75, 3.05) is 0 Å². The maximum absolute atomic E-state index is 4.35. The Hall–Kier alpha value is -1.13. The first-order chi connectivity index (χ1) is 8.85. The van der Waals surface area contributed by atoms with Crippen molar-refractivity contribution in [1.29, 1.82) is 0 Å². The van der Waals surface area contributed by atoms with Crippen LogP contribution >= 0.6 is 11.3 Å². The van der Waals surface area contributed by atoms with Crippen LogP contribution in [0.5, 0.6) is 0 Å². The van der Waals surface area contributed by atoms with Crippen LogP contribution in [0.4, 0.5) is 0 Å². The van der Waals surface area contributed by atoms with Gasteiger partial charge < -0.3 is 5.32 Å². The molecule has 0 saturated heterocycles. The molecule has 2 rings (SSSR count). The van der Waals surface area contributed by atoms with Gasteiger partial charge in [0.1, 0.15) is 0 Å². The van der Waals surface area contributed by atoms with Crippen LogP contribution in [0.25, 0.3) is 0 Å². The SMILES string of the molecule is Cc1sc(CNC(C)(C)C)cc1Cn1nccc1C. The number of rotatable bonds is 4. The van der Waals surface area contributed by atoms with Gasteiger partial charge >= 0.3 is 0 Å². The van der Waals surface area contributed by atoms with E-state index in [4.69, 9.17) is 0 Å². The van der Waals surface area contributed by atoms with Crippen LogP contribution in [0.3, 0.4) is 0 Å². The summed E-state index contributed by atoms with van der Waals surface area (Å²) in [6.07, 6.45) is 1.86. The summed E-state index contributed by atoms with van der Waals surface area (Å²) in [5.74, 6) is 0. The monoisotopic (exact) mass is 277 g/mol. The summed E-state index contributed by atoms with van der Waals surface area (Å²) in [6, 6.07) is 4.35. The van der Waals surface area contributed by atoms with Crippen molar-refractivity contribution in [2.45, 2.75) is 53.2 Å². The lowest BCUT2D eigenvalue weighted by atomic mass is 10.1. The molecule has 3 nitrogen and oxygen atoms in total. The molecule has 0 spiro atoms. The number of hydrogen-bond acceptors (Lipinski definition) is 3. The summed E-state index contributed by atoms with van der Waals surface area (Å²) < 4.78 is 2.05. The Morgan fingerprint density at radius 2 is 2.05 bits per heavy atom. The number of aromatic nitrogens is 2. The molecule has 0 aliphatic carbocycles. The fraction of sp³-hybridized carbons (Fsp3) is 0.533. The molecule has 2 aromatic rings. The number of hydrogen-bond donors (Lipinski definition) is 1. The Morgan fingerprint density at radius 3 is 2.63 bits per heavy atom. The second-order valence-electron chi connectivity index (χ2n) is 6.03. The van der Waals surface area contributed by atoms with E-state index >= 15 is 0 Å². The lowest BCUT2D eigenvalue weighted by Crippen LogP contribution is -2.34. The third kappa shape index (κ3) is 3.91. The average Bonchev–Trinajstić information content (AvgIpc) is 2.84. The zero-order chi connectivity index (χ0) is 14.0. The van der Waals surface area contributed by atoms with Crippen molar-refractivity contribution in [1.82, 2.24) is 15.1 Å². The molecule has 2 aromatic heterocycles. The zero-order valence-corrected chi connectivity index (χ0v) is 13.3. The van der Waals surface area contributed by atoms with E-state index in [-0.39, 0.29) is 5.54 Å². The van der Waals surface area contributed by atoms with Gasteiger partial charge in [-0.15, -0.1) is 11.3 Å². The Labute approximate surface area is 119 Å². The Kier molecular flexibility index (Phi) is 4.11. The molecular weight excluding hydrogens is 254 g/mol. The number of nitrogens with zero attached hydrogens (tertiary/aromatic N) is 2. The lowest BCUT2D eigenvalue weighted by molar-refractivity contribution is 0.426. The molecular formula is C15H23N3S. The third-order valence-electron chi connectivity index (χ3n) is 3.11. The molecule has 0 aromatic carbocycles. The molecule has 0 unspecified atom stereocenters. The zero-order valence-electron chi connectivity index (χ0n) is 12.4. The maximum Gasteiger partial charge on any atom is 0.0673 e. The van der Waals surface area contributed by atoms with Gasteiger partial charge in [0.05, 0.1) is 6.54 Å². The third-order valence-corrected chi connectivity index (χ3v) is 4.21. The van der Waals surface area contributed by atoms with E-state index in [2.05, 4.69) is 55.8 Å². The average molecular weight is 277 g/mol. The standard InChI is InChI=1S/C15H23N3S/c1-11-6-7-17-18(11)10-13-8-14(19-12(13)2)9-16-15(3,4)5/h6-8,16H,9-10H2,1-5H3. The van der Waals surface area contributed by atoms with E-state index in [9.17, 15) is 0 Å². The summed E-state index contributed by atoms with van der Waals surface area (Å²) >= 11 is 1.88. The van der Waals surface area contributed by atoms with Gasteiger partial charge in [0, 0.05) is 33.7 Å². The summed E-state index contributed by atoms with van der Waals surface area (Å²) in [5, 5.41) is 7.89. The minimum atomic E-state index is 0.163. The summed E-state index contributed by atoms with van der Waals surface area (Å²) in [6.45, 7) is 12.7. The van der Waals surface area contributed by atoms with E-state index < -0.39 is 0 Å². The smallest absolute Gasteiger partial charge is 0.0673 e. The molecule has 104 valence electrons.